The molecule has 1 aromatic heterocycles. The first-order valence-electron chi connectivity index (χ1n) is 13.9. The minimum absolute atomic E-state index is 0.227. The normalized spacial score (nSPS) is 11.6. The number of carbonyl (C=O) groups is 3. The van der Waals surface area contributed by atoms with Gasteiger partial charge >= 0.3 is 5.97 Å². The number of hydrogen-bond acceptors (Lipinski definition) is 5. The second-order valence-electron chi connectivity index (χ2n) is 10.0. The number of carboxylic acid groups (broad SMARTS) is 1. The highest BCUT2D eigenvalue weighted by Crippen LogP contribution is 2.32. The van der Waals surface area contributed by atoms with Crippen LogP contribution in [0.5, 0.6) is 0 Å². The Morgan fingerprint density at radius 1 is 0.927 bits per heavy atom. The molecule has 0 aliphatic heterocycles. The van der Waals surface area contributed by atoms with Crippen LogP contribution >= 0.6 is 0 Å². The lowest BCUT2D eigenvalue weighted by molar-refractivity contribution is -0.138. The van der Waals surface area contributed by atoms with E-state index in [1.54, 1.807) is 6.20 Å². The van der Waals surface area contributed by atoms with Gasteiger partial charge in [-0.3, -0.25) is 14.4 Å². The Labute approximate surface area is 240 Å². The van der Waals surface area contributed by atoms with Gasteiger partial charge in [0.25, 0.3) is 0 Å². The first kappa shape index (κ1) is 29.3. The summed E-state index contributed by atoms with van der Waals surface area (Å²) in [6.07, 6.45) is 3.22. The van der Waals surface area contributed by atoms with E-state index in [4.69, 9.17) is 0 Å². The summed E-state index contributed by atoms with van der Waals surface area (Å²) in [6.45, 7) is 4.47. The molecule has 212 valence electrons. The highest BCUT2D eigenvalue weighted by atomic mass is 16.4. The van der Waals surface area contributed by atoms with Gasteiger partial charge < -0.3 is 21.1 Å². The average molecular weight is 553 g/mol. The summed E-state index contributed by atoms with van der Waals surface area (Å²) in [5, 5.41) is 20.4. The fourth-order valence-corrected chi connectivity index (χ4v) is 4.85. The van der Waals surface area contributed by atoms with Gasteiger partial charge in [-0.1, -0.05) is 67.6 Å². The SMILES string of the molecule is CCc1ccc(-c2ccc([C@H](CC(=O)O)NC(=O)CNC(=O)CCCNc3cc(C)ccn3)cc2)c2ccccc12. The van der Waals surface area contributed by atoms with Crippen LogP contribution in [0.1, 0.15) is 48.9 Å². The molecule has 0 aliphatic carbocycles. The third-order valence-electron chi connectivity index (χ3n) is 6.98. The molecule has 0 aliphatic rings. The molecule has 1 atom stereocenters. The molecule has 0 saturated carbocycles. The second kappa shape index (κ2) is 14.1. The summed E-state index contributed by atoms with van der Waals surface area (Å²) in [5.41, 5.74) is 5.16. The molecule has 0 bridgehead atoms. The second-order valence-corrected chi connectivity index (χ2v) is 10.0. The number of nitrogens with one attached hydrogen (secondary N) is 3. The third-order valence-corrected chi connectivity index (χ3v) is 6.98. The van der Waals surface area contributed by atoms with Gasteiger partial charge in [-0.05, 0) is 70.5 Å². The molecule has 4 N–H and O–H groups in total. The van der Waals surface area contributed by atoms with Gasteiger partial charge in [-0.25, -0.2) is 4.98 Å². The molecule has 8 heteroatoms. The van der Waals surface area contributed by atoms with Crippen molar-refractivity contribution in [3.63, 3.8) is 0 Å². The summed E-state index contributed by atoms with van der Waals surface area (Å²) < 4.78 is 0. The molecule has 0 unspecified atom stereocenters. The predicted molar refractivity (Wildman–Crippen MR) is 162 cm³/mol. The maximum Gasteiger partial charge on any atom is 0.305 e. The number of amides is 2. The molecule has 8 nitrogen and oxygen atoms in total. The Bertz CT molecular complexity index is 1520. The van der Waals surface area contributed by atoms with Crippen LogP contribution in [0.2, 0.25) is 0 Å². The first-order chi connectivity index (χ1) is 19.8. The van der Waals surface area contributed by atoms with Gasteiger partial charge in [0.15, 0.2) is 0 Å². The zero-order chi connectivity index (χ0) is 29.2. The van der Waals surface area contributed by atoms with E-state index in [1.807, 2.05) is 55.5 Å². The number of hydrogen-bond donors (Lipinski definition) is 4. The number of nitrogens with zero attached hydrogens (tertiary/aromatic N) is 1. The monoisotopic (exact) mass is 552 g/mol. The number of carbonyl (C=O) groups excluding carboxylic acids is 2. The van der Waals surface area contributed by atoms with Crippen molar-refractivity contribution in [1.82, 2.24) is 15.6 Å². The van der Waals surface area contributed by atoms with Crippen LogP contribution in [-0.4, -0.2) is 41.0 Å². The smallest absolute Gasteiger partial charge is 0.305 e. The van der Waals surface area contributed by atoms with Gasteiger partial charge in [0.1, 0.15) is 5.82 Å². The van der Waals surface area contributed by atoms with Gasteiger partial charge in [0.2, 0.25) is 11.8 Å². The van der Waals surface area contributed by atoms with E-state index in [-0.39, 0.29) is 25.3 Å². The summed E-state index contributed by atoms with van der Waals surface area (Å²) in [5.74, 6) is -0.971. The van der Waals surface area contributed by atoms with Gasteiger partial charge in [0, 0.05) is 19.2 Å². The van der Waals surface area contributed by atoms with Crippen molar-refractivity contribution < 1.29 is 19.5 Å². The van der Waals surface area contributed by atoms with Crippen LogP contribution in [-0.2, 0) is 20.8 Å². The van der Waals surface area contributed by atoms with Crippen LogP contribution < -0.4 is 16.0 Å². The van der Waals surface area contributed by atoms with Gasteiger partial charge in [0.05, 0.1) is 19.0 Å². The Morgan fingerprint density at radius 2 is 1.68 bits per heavy atom. The van der Waals surface area contributed by atoms with Crippen LogP contribution in [0.25, 0.3) is 21.9 Å². The summed E-state index contributed by atoms with van der Waals surface area (Å²) in [4.78, 5) is 40.6. The predicted octanol–water partition coefficient (Wildman–Crippen LogP) is 5.41. The lowest BCUT2D eigenvalue weighted by atomic mass is 9.93. The van der Waals surface area contributed by atoms with Crippen molar-refractivity contribution in [1.29, 1.82) is 0 Å². The fourth-order valence-electron chi connectivity index (χ4n) is 4.85. The largest absolute Gasteiger partial charge is 0.481 e. The average Bonchev–Trinajstić information content (AvgIpc) is 2.97. The molecule has 41 heavy (non-hydrogen) atoms. The maximum absolute atomic E-state index is 12.6. The molecular formula is C33H36N4O4. The highest BCUT2D eigenvalue weighted by molar-refractivity contribution is 5.98. The Balaban J connectivity index is 1.33. The maximum atomic E-state index is 12.6. The van der Waals surface area contributed by atoms with Gasteiger partial charge in [-0.2, -0.15) is 0 Å². The number of aliphatic carboxylic acids is 1. The Morgan fingerprint density at radius 3 is 2.39 bits per heavy atom. The van der Waals surface area contributed by atoms with Crippen LogP contribution in [0, 0.1) is 6.92 Å². The van der Waals surface area contributed by atoms with Crippen LogP contribution in [0.15, 0.2) is 79.0 Å². The molecule has 0 fully saturated rings. The number of fused-ring (bicyclic) bond motifs is 1. The number of anilines is 1. The minimum Gasteiger partial charge on any atom is -0.481 e. The molecular weight excluding hydrogens is 516 g/mol. The highest BCUT2D eigenvalue weighted by Gasteiger charge is 2.19. The van der Waals surface area contributed by atoms with Crippen molar-refractivity contribution in [2.45, 2.75) is 45.6 Å². The molecule has 4 rings (SSSR count). The van der Waals surface area contributed by atoms with E-state index in [0.717, 1.165) is 34.3 Å². The van der Waals surface area contributed by atoms with Crippen molar-refractivity contribution in [2.75, 3.05) is 18.4 Å². The standard InChI is InChI=1S/C33H36N4O4/c1-3-23-14-15-27(28-8-5-4-7-26(23)28)24-10-12-25(13-11-24)29(20-33(40)41)37-32(39)21-36-31(38)9-6-17-34-30-19-22(2)16-18-35-30/h4-5,7-8,10-16,18-19,29H,3,6,9,17,20-21H2,1-2H3,(H,34,35)(H,36,38)(H,37,39)(H,40,41)/t29-/m0/s1. The van der Waals surface area contributed by atoms with Crippen molar-refractivity contribution in [3.05, 3.63) is 95.7 Å². The molecule has 0 saturated heterocycles. The lowest BCUT2D eigenvalue weighted by Gasteiger charge is -2.18. The summed E-state index contributed by atoms with van der Waals surface area (Å²) in [6, 6.07) is 23.3. The lowest BCUT2D eigenvalue weighted by Crippen LogP contribution is -2.39. The van der Waals surface area contributed by atoms with Crippen molar-refractivity contribution in [3.8, 4) is 11.1 Å². The van der Waals surface area contributed by atoms with E-state index < -0.39 is 17.9 Å². The van der Waals surface area contributed by atoms with Crippen molar-refractivity contribution in [2.24, 2.45) is 0 Å². The van der Waals surface area contributed by atoms with E-state index in [9.17, 15) is 19.5 Å². The number of pyridine rings is 1. The number of benzene rings is 3. The molecule has 0 spiro atoms. The van der Waals surface area contributed by atoms with Crippen molar-refractivity contribution >= 4 is 34.4 Å². The number of carboxylic acids is 1. The fraction of sp³-hybridized carbons (Fsp3) is 0.273. The quantitative estimate of drug-likeness (QED) is 0.165. The number of aryl methyl sites for hydroxylation is 2. The zero-order valence-corrected chi connectivity index (χ0v) is 23.4. The molecule has 4 aromatic rings. The number of rotatable bonds is 13. The Hall–Kier alpha value is -4.72. The van der Waals surface area contributed by atoms with E-state index >= 15 is 0 Å². The van der Waals surface area contributed by atoms with E-state index in [1.165, 1.54) is 10.9 Å². The topological polar surface area (TPSA) is 120 Å². The van der Waals surface area contributed by atoms with E-state index in [2.05, 4.69) is 52.1 Å². The number of aromatic nitrogens is 1. The van der Waals surface area contributed by atoms with Crippen LogP contribution in [0.4, 0.5) is 5.82 Å². The molecule has 3 aromatic carbocycles. The molecule has 0 radical (unpaired) electrons. The minimum atomic E-state index is -1.03. The zero-order valence-electron chi connectivity index (χ0n) is 23.4. The van der Waals surface area contributed by atoms with E-state index in [0.29, 0.717) is 18.5 Å². The molecule has 2 amide bonds. The summed E-state index contributed by atoms with van der Waals surface area (Å²) in [7, 11) is 0. The third kappa shape index (κ3) is 8.14. The van der Waals surface area contributed by atoms with Gasteiger partial charge in [-0.15, -0.1) is 0 Å². The van der Waals surface area contributed by atoms with Crippen LogP contribution in [0.3, 0.4) is 0 Å². The first-order valence-corrected chi connectivity index (χ1v) is 13.9. The molecule has 1 heterocycles. The summed E-state index contributed by atoms with van der Waals surface area (Å²) >= 11 is 0. The Kier molecular flexibility index (Phi) is 10.0.